The summed E-state index contributed by atoms with van der Waals surface area (Å²) < 4.78 is 29.2. The molecule has 1 aliphatic heterocycles. The standard InChI is InChI=1S/C30H34N2O4/c1-21(2)28-30(34)31(19-23-10-14-25(35-3)15-11-23)27(18-22-8-6-5-7-9-22)29(33)32(28)20-24-12-16-26(36-4)17-13-24/h5-17,21,27-28H,18-20H2,1-4H3/t27-,28-/m0/s1/i18D,27D/t18-,27-,28-. The number of amides is 2. The Morgan fingerprint density at radius 3 is 1.72 bits per heavy atom. The van der Waals surface area contributed by atoms with Crippen molar-refractivity contribution in [2.24, 2.45) is 5.92 Å². The number of methoxy groups -OCH3 is 2. The summed E-state index contributed by atoms with van der Waals surface area (Å²) in [6, 6.07) is 20.3. The molecule has 6 nitrogen and oxygen atoms in total. The summed E-state index contributed by atoms with van der Waals surface area (Å²) in [6.45, 7) is 3.97. The lowest BCUT2D eigenvalue weighted by atomic mass is 9.91. The first kappa shape index (κ1) is 22.7. The minimum Gasteiger partial charge on any atom is -0.497 e. The molecule has 3 atom stereocenters. The first-order chi connectivity index (χ1) is 18.2. The van der Waals surface area contributed by atoms with Crippen LogP contribution in [-0.2, 0) is 29.1 Å². The van der Waals surface area contributed by atoms with Crippen molar-refractivity contribution >= 4 is 11.8 Å². The summed E-state index contributed by atoms with van der Waals surface area (Å²) in [6.07, 6.45) is -1.31. The fraction of sp³-hybridized carbons (Fsp3) is 0.333. The molecule has 1 fully saturated rings. The zero-order valence-electron chi connectivity index (χ0n) is 23.2. The molecule has 36 heavy (non-hydrogen) atoms. The highest BCUT2D eigenvalue weighted by molar-refractivity contribution is 5.97. The average molecular weight is 489 g/mol. The van der Waals surface area contributed by atoms with Gasteiger partial charge in [0, 0.05) is 20.9 Å². The molecule has 0 aromatic heterocycles. The van der Waals surface area contributed by atoms with Crippen LogP contribution in [0.25, 0.3) is 0 Å². The van der Waals surface area contributed by atoms with Crippen molar-refractivity contribution < 1.29 is 21.8 Å². The zero-order chi connectivity index (χ0) is 27.4. The zero-order valence-corrected chi connectivity index (χ0v) is 21.2. The average Bonchev–Trinajstić information content (AvgIpc) is 2.94. The Bertz CT molecular complexity index is 1250. The third kappa shape index (κ3) is 5.54. The van der Waals surface area contributed by atoms with E-state index in [1.54, 1.807) is 62.8 Å². The molecule has 0 bridgehead atoms. The summed E-state index contributed by atoms with van der Waals surface area (Å²) >= 11 is 0. The molecule has 188 valence electrons. The van der Waals surface area contributed by atoms with Gasteiger partial charge in [0.05, 0.1) is 15.6 Å². The molecule has 0 saturated carbocycles. The van der Waals surface area contributed by atoms with Crippen LogP contribution in [0.1, 0.15) is 33.3 Å². The number of carbonyl (C=O) groups excluding carboxylic acids is 2. The molecule has 3 aromatic carbocycles. The Kier molecular flexibility index (Phi) is 7.10. The van der Waals surface area contributed by atoms with Crippen LogP contribution in [0.3, 0.4) is 0 Å². The maximum atomic E-state index is 14.3. The Morgan fingerprint density at radius 1 is 0.750 bits per heavy atom. The molecule has 0 unspecified atom stereocenters. The van der Waals surface area contributed by atoms with Crippen molar-refractivity contribution in [3.63, 3.8) is 0 Å². The number of benzene rings is 3. The van der Waals surface area contributed by atoms with E-state index in [0.29, 0.717) is 17.1 Å². The van der Waals surface area contributed by atoms with Crippen LogP contribution in [0.4, 0.5) is 0 Å². The first-order valence-corrected chi connectivity index (χ1v) is 12.1. The number of hydrogen-bond donors (Lipinski definition) is 0. The molecule has 4 rings (SSSR count). The first-order valence-electron chi connectivity index (χ1n) is 13.1. The van der Waals surface area contributed by atoms with Crippen LogP contribution < -0.4 is 9.47 Å². The second-order valence-electron chi connectivity index (χ2n) is 9.18. The number of rotatable bonds is 9. The third-order valence-corrected chi connectivity index (χ3v) is 6.37. The molecule has 0 aliphatic carbocycles. The van der Waals surface area contributed by atoms with Gasteiger partial charge in [0.25, 0.3) is 0 Å². The van der Waals surface area contributed by atoms with Gasteiger partial charge in [0.1, 0.15) is 23.6 Å². The van der Waals surface area contributed by atoms with Gasteiger partial charge >= 0.3 is 0 Å². The summed E-state index contributed by atoms with van der Waals surface area (Å²) in [5, 5.41) is 0. The van der Waals surface area contributed by atoms with E-state index in [1.165, 1.54) is 9.80 Å². The van der Waals surface area contributed by atoms with Gasteiger partial charge in [-0.25, -0.2) is 0 Å². The number of nitrogens with zero attached hydrogens (tertiary/aromatic N) is 2. The summed E-state index contributed by atoms with van der Waals surface area (Å²) in [7, 11) is 3.16. The van der Waals surface area contributed by atoms with Gasteiger partial charge in [-0.15, -0.1) is 0 Å². The molecule has 1 heterocycles. The Hall–Kier alpha value is -3.80. The van der Waals surface area contributed by atoms with Crippen LogP contribution in [0.15, 0.2) is 78.9 Å². The van der Waals surface area contributed by atoms with E-state index in [1.807, 2.05) is 44.2 Å². The van der Waals surface area contributed by atoms with E-state index in [-0.39, 0.29) is 24.9 Å². The van der Waals surface area contributed by atoms with Crippen LogP contribution in [0, 0.1) is 5.92 Å². The highest BCUT2D eigenvalue weighted by Crippen LogP contribution is 2.29. The van der Waals surface area contributed by atoms with Gasteiger partial charge in [0.15, 0.2) is 0 Å². The van der Waals surface area contributed by atoms with E-state index in [0.717, 1.165) is 11.1 Å². The van der Waals surface area contributed by atoms with E-state index in [2.05, 4.69) is 0 Å². The number of hydrogen-bond acceptors (Lipinski definition) is 4. The van der Waals surface area contributed by atoms with Gasteiger partial charge < -0.3 is 19.3 Å². The van der Waals surface area contributed by atoms with Crippen molar-refractivity contribution in [1.82, 2.24) is 9.80 Å². The molecule has 1 aliphatic rings. The van der Waals surface area contributed by atoms with Gasteiger partial charge in [-0.1, -0.05) is 68.4 Å². The largest absolute Gasteiger partial charge is 0.497 e. The smallest absolute Gasteiger partial charge is 0.246 e. The predicted molar refractivity (Wildman–Crippen MR) is 140 cm³/mol. The van der Waals surface area contributed by atoms with Gasteiger partial charge in [-0.2, -0.15) is 0 Å². The van der Waals surface area contributed by atoms with E-state index >= 15 is 0 Å². The lowest BCUT2D eigenvalue weighted by molar-refractivity contribution is -0.165. The lowest BCUT2D eigenvalue weighted by Gasteiger charge is -2.46. The quantitative estimate of drug-likeness (QED) is 0.438. The normalized spacial score (nSPS) is 21.8. The molecular weight excluding hydrogens is 452 g/mol. The highest BCUT2D eigenvalue weighted by atomic mass is 16.5. The van der Waals surface area contributed by atoms with Crippen molar-refractivity contribution in [3.05, 3.63) is 95.6 Å². The topological polar surface area (TPSA) is 59.1 Å². The fourth-order valence-electron chi connectivity index (χ4n) is 4.47. The van der Waals surface area contributed by atoms with Crippen molar-refractivity contribution in [2.45, 2.75) is 45.4 Å². The predicted octanol–water partition coefficient (Wildman–Crippen LogP) is 4.71. The number of piperazine rings is 1. The number of carbonyl (C=O) groups is 2. The van der Waals surface area contributed by atoms with E-state index in [4.69, 9.17) is 10.8 Å². The van der Waals surface area contributed by atoms with Gasteiger partial charge in [-0.3, -0.25) is 9.59 Å². The molecule has 0 spiro atoms. The van der Waals surface area contributed by atoms with E-state index in [9.17, 15) is 11.0 Å². The third-order valence-electron chi connectivity index (χ3n) is 6.37. The van der Waals surface area contributed by atoms with Crippen LogP contribution in [0.2, 0.25) is 0 Å². The van der Waals surface area contributed by atoms with Crippen molar-refractivity contribution in [3.8, 4) is 11.5 Å². The van der Waals surface area contributed by atoms with E-state index < -0.39 is 24.4 Å². The van der Waals surface area contributed by atoms with Crippen molar-refractivity contribution in [1.29, 1.82) is 0 Å². The summed E-state index contributed by atoms with van der Waals surface area (Å²) in [5.74, 6) is 0.246. The lowest BCUT2D eigenvalue weighted by Crippen LogP contribution is -2.65. The van der Waals surface area contributed by atoms with Crippen LogP contribution in [-0.4, -0.2) is 47.9 Å². The Morgan fingerprint density at radius 2 is 1.25 bits per heavy atom. The number of ether oxygens (including phenoxy) is 2. The molecule has 6 heteroatoms. The monoisotopic (exact) mass is 488 g/mol. The SMILES string of the molecule is [2H][C@@H](c1ccccc1)[C@@]1([2H])C(=O)N(Cc2ccc(OC)cc2)[C@@H](C(C)C)C(=O)N1Cc1ccc(OC)cc1. The Labute approximate surface area is 216 Å². The molecule has 1 saturated heterocycles. The molecular formula is C30H34N2O4. The second-order valence-corrected chi connectivity index (χ2v) is 9.18. The highest BCUT2D eigenvalue weighted by Gasteiger charge is 2.46. The van der Waals surface area contributed by atoms with Gasteiger partial charge in [0.2, 0.25) is 11.8 Å². The van der Waals surface area contributed by atoms with Crippen molar-refractivity contribution in [2.75, 3.05) is 14.2 Å². The van der Waals surface area contributed by atoms with Crippen LogP contribution >= 0.6 is 0 Å². The van der Waals surface area contributed by atoms with Crippen LogP contribution in [0.5, 0.6) is 11.5 Å². The van der Waals surface area contributed by atoms with Gasteiger partial charge in [-0.05, 0) is 46.9 Å². The Balaban J connectivity index is 1.79. The maximum Gasteiger partial charge on any atom is 0.246 e. The molecule has 0 N–H and O–H groups in total. The minimum absolute atomic E-state index is 0.0277. The maximum absolute atomic E-state index is 14.3. The summed E-state index contributed by atoms with van der Waals surface area (Å²) in [4.78, 5) is 31.3. The minimum atomic E-state index is -2.17. The molecule has 3 aromatic rings. The molecule has 2 amide bonds. The summed E-state index contributed by atoms with van der Waals surface area (Å²) in [5.41, 5.74) is 2.05. The molecule has 0 radical (unpaired) electrons. The second kappa shape index (κ2) is 11.3. The fourth-order valence-corrected chi connectivity index (χ4v) is 4.47.